The molecule has 0 spiro atoms. The minimum Gasteiger partial charge on any atom is -0.458 e. The molecule has 1 amide bonds. The fourth-order valence-electron chi connectivity index (χ4n) is 2.58. The number of nitrogens with zero attached hydrogens (tertiary/aromatic N) is 4. The fraction of sp³-hybridized carbons (Fsp3) is 0.500. The third kappa shape index (κ3) is 3.67. The van der Waals surface area contributed by atoms with Crippen LogP contribution in [0.1, 0.15) is 41.6 Å². The molecule has 1 unspecified atom stereocenters. The average Bonchev–Trinajstić information content (AvgIpc) is 3.01. The largest absolute Gasteiger partial charge is 0.458 e. The summed E-state index contributed by atoms with van der Waals surface area (Å²) in [4.78, 5) is 22.6. The number of amides is 1. The fourth-order valence-corrected chi connectivity index (χ4v) is 2.58. The summed E-state index contributed by atoms with van der Waals surface area (Å²) < 4.78 is 10.8. The van der Waals surface area contributed by atoms with E-state index in [0.717, 1.165) is 24.8 Å². The Hall–Kier alpha value is -2.44. The van der Waals surface area contributed by atoms with E-state index in [0.29, 0.717) is 30.6 Å². The van der Waals surface area contributed by atoms with Crippen molar-refractivity contribution < 1.29 is 14.1 Å². The van der Waals surface area contributed by atoms with Crippen LogP contribution in [0.5, 0.6) is 6.01 Å². The van der Waals surface area contributed by atoms with Gasteiger partial charge in [0.15, 0.2) is 5.69 Å². The molecule has 3 rings (SSSR count). The second-order valence-electron chi connectivity index (χ2n) is 5.68. The van der Waals surface area contributed by atoms with E-state index in [-0.39, 0.29) is 12.0 Å². The highest BCUT2D eigenvalue weighted by Gasteiger charge is 2.27. The summed E-state index contributed by atoms with van der Waals surface area (Å²) in [6, 6.07) is 2.01. The average molecular weight is 316 g/mol. The molecule has 3 heterocycles. The second-order valence-corrected chi connectivity index (χ2v) is 5.68. The Labute approximate surface area is 134 Å². The first-order chi connectivity index (χ1) is 11.2. The Morgan fingerprint density at radius 2 is 2.22 bits per heavy atom. The SMILES string of the molecule is CCc1cnc(OC2CCCN(C(=O)c3cc(C)on3)C2)nc1. The monoisotopic (exact) mass is 316 g/mol. The third-order valence-corrected chi connectivity index (χ3v) is 3.87. The first-order valence-electron chi connectivity index (χ1n) is 7.86. The van der Waals surface area contributed by atoms with E-state index >= 15 is 0 Å². The Morgan fingerprint density at radius 3 is 2.87 bits per heavy atom. The third-order valence-electron chi connectivity index (χ3n) is 3.87. The van der Waals surface area contributed by atoms with Gasteiger partial charge in [0, 0.05) is 25.0 Å². The van der Waals surface area contributed by atoms with Crippen LogP contribution in [0, 0.1) is 6.92 Å². The number of rotatable bonds is 4. The molecule has 0 saturated carbocycles. The predicted molar refractivity (Wildman–Crippen MR) is 82.2 cm³/mol. The van der Waals surface area contributed by atoms with Gasteiger partial charge < -0.3 is 14.2 Å². The van der Waals surface area contributed by atoms with Crippen LogP contribution in [0.15, 0.2) is 23.0 Å². The van der Waals surface area contributed by atoms with Crippen molar-refractivity contribution in [3.8, 4) is 6.01 Å². The number of ether oxygens (including phenoxy) is 1. The number of piperidine rings is 1. The minimum atomic E-state index is -0.127. The molecule has 23 heavy (non-hydrogen) atoms. The van der Waals surface area contributed by atoms with Crippen molar-refractivity contribution in [1.82, 2.24) is 20.0 Å². The first-order valence-corrected chi connectivity index (χ1v) is 7.86. The maximum absolute atomic E-state index is 12.4. The van der Waals surface area contributed by atoms with Crippen molar-refractivity contribution in [2.45, 2.75) is 39.2 Å². The van der Waals surface area contributed by atoms with Crippen molar-refractivity contribution in [2.24, 2.45) is 0 Å². The number of likely N-dealkylation sites (tertiary alicyclic amines) is 1. The Morgan fingerprint density at radius 1 is 1.43 bits per heavy atom. The minimum absolute atomic E-state index is 0.104. The lowest BCUT2D eigenvalue weighted by molar-refractivity contribution is 0.0507. The molecule has 1 aliphatic rings. The molecule has 122 valence electrons. The zero-order chi connectivity index (χ0) is 16.2. The number of aromatic nitrogens is 3. The van der Waals surface area contributed by atoms with Crippen LogP contribution < -0.4 is 4.74 Å². The topological polar surface area (TPSA) is 81.4 Å². The van der Waals surface area contributed by atoms with Crippen molar-refractivity contribution in [3.05, 3.63) is 35.5 Å². The van der Waals surface area contributed by atoms with Crippen LogP contribution in [0.2, 0.25) is 0 Å². The Kier molecular flexibility index (Phi) is 4.55. The van der Waals surface area contributed by atoms with Gasteiger partial charge >= 0.3 is 6.01 Å². The van der Waals surface area contributed by atoms with Crippen LogP contribution in [0.3, 0.4) is 0 Å². The normalized spacial score (nSPS) is 18.0. The molecule has 1 aliphatic heterocycles. The van der Waals surface area contributed by atoms with Crippen LogP contribution >= 0.6 is 0 Å². The maximum Gasteiger partial charge on any atom is 0.316 e. The van der Waals surface area contributed by atoms with Gasteiger partial charge in [-0.25, -0.2) is 9.97 Å². The molecule has 0 radical (unpaired) electrons. The van der Waals surface area contributed by atoms with Gasteiger partial charge in [0.1, 0.15) is 11.9 Å². The highest BCUT2D eigenvalue weighted by Crippen LogP contribution is 2.17. The van der Waals surface area contributed by atoms with E-state index in [1.165, 1.54) is 0 Å². The highest BCUT2D eigenvalue weighted by molar-refractivity contribution is 5.92. The zero-order valence-electron chi connectivity index (χ0n) is 13.4. The van der Waals surface area contributed by atoms with Crippen molar-refractivity contribution in [1.29, 1.82) is 0 Å². The van der Waals surface area contributed by atoms with Gasteiger partial charge in [-0.05, 0) is 31.7 Å². The van der Waals surface area contributed by atoms with Gasteiger partial charge in [0.2, 0.25) is 0 Å². The lowest BCUT2D eigenvalue weighted by Crippen LogP contribution is -2.44. The molecule has 2 aromatic heterocycles. The Balaban J connectivity index is 1.62. The smallest absolute Gasteiger partial charge is 0.316 e. The van der Waals surface area contributed by atoms with Gasteiger partial charge in [-0.3, -0.25) is 4.79 Å². The number of hydrogen-bond acceptors (Lipinski definition) is 6. The molecule has 0 aromatic carbocycles. The lowest BCUT2D eigenvalue weighted by Gasteiger charge is -2.31. The zero-order valence-corrected chi connectivity index (χ0v) is 13.4. The van der Waals surface area contributed by atoms with E-state index < -0.39 is 0 Å². The van der Waals surface area contributed by atoms with E-state index in [1.54, 1.807) is 30.3 Å². The van der Waals surface area contributed by atoms with E-state index in [9.17, 15) is 4.79 Å². The molecule has 0 bridgehead atoms. The van der Waals surface area contributed by atoms with Gasteiger partial charge in [-0.15, -0.1) is 0 Å². The molecular formula is C16H20N4O3. The number of carbonyl (C=O) groups is 1. The van der Waals surface area contributed by atoms with Crippen molar-refractivity contribution in [2.75, 3.05) is 13.1 Å². The summed E-state index contributed by atoms with van der Waals surface area (Å²) in [7, 11) is 0. The van der Waals surface area contributed by atoms with E-state index in [4.69, 9.17) is 9.26 Å². The Bertz CT molecular complexity index is 668. The molecule has 1 atom stereocenters. The van der Waals surface area contributed by atoms with Gasteiger partial charge in [-0.1, -0.05) is 12.1 Å². The molecule has 0 N–H and O–H groups in total. The summed E-state index contributed by atoms with van der Waals surface area (Å²) in [6.07, 6.45) is 6.08. The number of aryl methyl sites for hydroxylation is 2. The standard InChI is InChI=1S/C16H20N4O3/c1-3-12-8-17-16(18-9-12)22-13-5-4-6-20(10-13)15(21)14-7-11(2)23-19-14/h7-9,13H,3-6,10H2,1-2H3. The lowest BCUT2D eigenvalue weighted by atomic mass is 10.1. The predicted octanol–water partition coefficient (Wildman–Crippen LogP) is 2.02. The molecular weight excluding hydrogens is 296 g/mol. The summed E-state index contributed by atoms with van der Waals surface area (Å²) in [5, 5.41) is 3.79. The number of carbonyl (C=O) groups excluding carboxylic acids is 1. The summed E-state index contributed by atoms with van der Waals surface area (Å²) >= 11 is 0. The molecule has 1 fully saturated rings. The van der Waals surface area contributed by atoms with E-state index in [2.05, 4.69) is 22.0 Å². The van der Waals surface area contributed by atoms with Crippen LogP contribution in [0.25, 0.3) is 0 Å². The summed E-state index contributed by atoms with van der Waals surface area (Å²) in [6.45, 7) is 5.02. The van der Waals surface area contributed by atoms with Crippen LogP contribution in [-0.4, -0.2) is 45.1 Å². The molecule has 7 nitrogen and oxygen atoms in total. The quantitative estimate of drug-likeness (QED) is 0.858. The van der Waals surface area contributed by atoms with E-state index in [1.807, 2.05) is 0 Å². The molecule has 2 aromatic rings. The summed E-state index contributed by atoms with van der Waals surface area (Å²) in [5.74, 6) is 0.500. The van der Waals surface area contributed by atoms with Crippen molar-refractivity contribution >= 4 is 5.91 Å². The van der Waals surface area contributed by atoms with Gasteiger partial charge in [0.05, 0.1) is 6.54 Å². The molecule has 7 heteroatoms. The second kappa shape index (κ2) is 6.76. The molecule has 0 aliphatic carbocycles. The van der Waals surface area contributed by atoms with Crippen LogP contribution in [0.4, 0.5) is 0 Å². The molecule has 1 saturated heterocycles. The van der Waals surface area contributed by atoms with Gasteiger partial charge in [-0.2, -0.15) is 0 Å². The summed E-state index contributed by atoms with van der Waals surface area (Å²) in [5.41, 5.74) is 1.41. The van der Waals surface area contributed by atoms with Gasteiger partial charge in [0.25, 0.3) is 5.91 Å². The van der Waals surface area contributed by atoms with Crippen LogP contribution in [-0.2, 0) is 6.42 Å². The maximum atomic E-state index is 12.4. The first kappa shape index (κ1) is 15.5. The van der Waals surface area contributed by atoms with Crippen molar-refractivity contribution in [3.63, 3.8) is 0 Å². The number of hydrogen-bond donors (Lipinski definition) is 0. The highest BCUT2D eigenvalue weighted by atomic mass is 16.5.